The van der Waals surface area contributed by atoms with E-state index in [-0.39, 0.29) is 0 Å². The average Bonchev–Trinajstić information content (AvgIpc) is 3.11. The molecule has 1 aromatic heterocycles. The lowest BCUT2D eigenvalue weighted by molar-refractivity contribution is 0.0601. The molecule has 0 saturated carbocycles. The molecule has 0 spiro atoms. The summed E-state index contributed by atoms with van der Waals surface area (Å²) in [6.07, 6.45) is 0. The van der Waals surface area contributed by atoms with Gasteiger partial charge in [-0.15, -0.1) is 0 Å². The first kappa shape index (κ1) is 14.8. The Balaban J connectivity index is 1.94. The van der Waals surface area contributed by atoms with Gasteiger partial charge in [0.15, 0.2) is 0 Å². The minimum absolute atomic E-state index is 0.377. The largest absolute Gasteiger partial charge is 0.497 e. The first-order chi connectivity index (χ1) is 11.2. The molecule has 0 aliphatic carbocycles. The van der Waals surface area contributed by atoms with E-state index >= 15 is 0 Å². The number of esters is 1. The molecule has 1 heterocycles. The summed E-state index contributed by atoms with van der Waals surface area (Å²) in [6.45, 7) is 0. The topological polar surface area (TPSA) is 74.5 Å². The van der Waals surface area contributed by atoms with Gasteiger partial charge in [-0.2, -0.15) is 4.98 Å². The third-order valence-corrected chi connectivity index (χ3v) is 3.28. The van der Waals surface area contributed by atoms with Crippen molar-refractivity contribution in [2.45, 2.75) is 0 Å². The molecule has 0 fully saturated rings. The summed E-state index contributed by atoms with van der Waals surface area (Å²) < 4.78 is 15.2. The zero-order valence-electron chi connectivity index (χ0n) is 12.6. The molecular formula is C17H14N2O4. The minimum atomic E-state index is -0.414. The quantitative estimate of drug-likeness (QED) is 0.689. The van der Waals surface area contributed by atoms with Crippen LogP contribution in [0.1, 0.15) is 10.4 Å². The van der Waals surface area contributed by atoms with Crippen molar-refractivity contribution < 1.29 is 18.8 Å². The van der Waals surface area contributed by atoms with Crippen molar-refractivity contribution in [3.05, 3.63) is 54.1 Å². The minimum Gasteiger partial charge on any atom is -0.497 e. The Morgan fingerprint density at radius 1 is 1.04 bits per heavy atom. The summed E-state index contributed by atoms with van der Waals surface area (Å²) in [5, 5.41) is 3.97. The summed E-state index contributed by atoms with van der Waals surface area (Å²) in [5.41, 5.74) is 1.86. The van der Waals surface area contributed by atoms with Crippen molar-refractivity contribution in [3.63, 3.8) is 0 Å². The summed E-state index contributed by atoms with van der Waals surface area (Å²) in [4.78, 5) is 16.0. The van der Waals surface area contributed by atoms with E-state index < -0.39 is 5.97 Å². The standard InChI is InChI=1S/C17H14N2O4/c1-21-14-8-4-6-12(10-14)16-18-15(19-23-16)11-5-3-7-13(9-11)17(20)22-2/h3-10H,1-2H3. The highest BCUT2D eigenvalue weighted by atomic mass is 16.5. The van der Waals surface area contributed by atoms with E-state index in [2.05, 4.69) is 10.1 Å². The van der Waals surface area contributed by atoms with Crippen LogP contribution in [0.4, 0.5) is 0 Å². The smallest absolute Gasteiger partial charge is 0.337 e. The summed E-state index contributed by atoms with van der Waals surface area (Å²) >= 11 is 0. The lowest BCUT2D eigenvalue weighted by Gasteiger charge is -2.00. The zero-order chi connectivity index (χ0) is 16.2. The van der Waals surface area contributed by atoms with Gasteiger partial charge in [-0.1, -0.05) is 23.4 Å². The van der Waals surface area contributed by atoms with Gasteiger partial charge in [-0.3, -0.25) is 0 Å². The lowest BCUT2D eigenvalue weighted by atomic mass is 10.1. The second-order valence-corrected chi connectivity index (χ2v) is 4.73. The third-order valence-electron chi connectivity index (χ3n) is 3.28. The fourth-order valence-corrected chi connectivity index (χ4v) is 2.12. The molecule has 116 valence electrons. The van der Waals surface area contributed by atoms with E-state index in [0.717, 1.165) is 5.56 Å². The average molecular weight is 310 g/mol. The fraction of sp³-hybridized carbons (Fsp3) is 0.118. The van der Waals surface area contributed by atoms with Gasteiger partial charge >= 0.3 is 5.97 Å². The summed E-state index contributed by atoms with van der Waals surface area (Å²) in [6, 6.07) is 14.2. The van der Waals surface area contributed by atoms with Crippen molar-refractivity contribution in [1.29, 1.82) is 0 Å². The van der Waals surface area contributed by atoms with Crippen LogP contribution in [0.2, 0.25) is 0 Å². The van der Waals surface area contributed by atoms with Crippen LogP contribution in [0.25, 0.3) is 22.8 Å². The number of benzene rings is 2. The number of ether oxygens (including phenoxy) is 2. The third kappa shape index (κ3) is 3.06. The Hall–Kier alpha value is -3.15. The molecule has 0 amide bonds. The Morgan fingerprint density at radius 2 is 1.83 bits per heavy atom. The predicted molar refractivity (Wildman–Crippen MR) is 83.1 cm³/mol. The maximum Gasteiger partial charge on any atom is 0.337 e. The van der Waals surface area contributed by atoms with Gasteiger partial charge in [-0.25, -0.2) is 4.79 Å². The molecule has 0 saturated heterocycles. The number of carbonyl (C=O) groups is 1. The first-order valence-corrected chi connectivity index (χ1v) is 6.88. The number of aromatic nitrogens is 2. The lowest BCUT2D eigenvalue weighted by Crippen LogP contribution is -2.00. The molecule has 23 heavy (non-hydrogen) atoms. The molecule has 0 bridgehead atoms. The van der Waals surface area contributed by atoms with Gasteiger partial charge in [0, 0.05) is 11.1 Å². The SMILES string of the molecule is COC(=O)c1cccc(-c2noc(-c3cccc(OC)c3)n2)c1. The fourth-order valence-electron chi connectivity index (χ4n) is 2.12. The molecule has 0 N–H and O–H groups in total. The van der Waals surface area contributed by atoms with Crippen LogP contribution >= 0.6 is 0 Å². The number of rotatable bonds is 4. The number of hydrogen-bond acceptors (Lipinski definition) is 6. The van der Waals surface area contributed by atoms with Gasteiger partial charge in [0.05, 0.1) is 19.8 Å². The second-order valence-electron chi connectivity index (χ2n) is 4.73. The Labute approximate surface area is 132 Å². The van der Waals surface area contributed by atoms with Gasteiger partial charge in [0.25, 0.3) is 5.89 Å². The Morgan fingerprint density at radius 3 is 2.61 bits per heavy atom. The molecule has 6 heteroatoms. The van der Waals surface area contributed by atoms with Crippen molar-refractivity contribution in [2.75, 3.05) is 14.2 Å². The first-order valence-electron chi connectivity index (χ1n) is 6.88. The van der Waals surface area contributed by atoms with Gasteiger partial charge in [-0.05, 0) is 30.3 Å². The normalized spacial score (nSPS) is 10.3. The molecule has 0 aliphatic rings. The molecule has 0 radical (unpaired) electrons. The van der Waals surface area contributed by atoms with E-state index in [1.807, 2.05) is 24.3 Å². The van der Waals surface area contributed by atoms with Crippen LogP contribution in [0, 0.1) is 0 Å². The molecular weight excluding hydrogens is 296 g/mol. The predicted octanol–water partition coefficient (Wildman–Crippen LogP) is 3.20. The van der Waals surface area contributed by atoms with Crippen LogP contribution in [-0.2, 0) is 4.74 Å². The van der Waals surface area contributed by atoms with Crippen molar-refractivity contribution >= 4 is 5.97 Å². The monoisotopic (exact) mass is 310 g/mol. The number of hydrogen-bond donors (Lipinski definition) is 0. The maximum atomic E-state index is 11.6. The highest BCUT2D eigenvalue weighted by Gasteiger charge is 2.13. The second kappa shape index (κ2) is 6.31. The molecule has 3 rings (SSSR count). The highest BCUT2D eigenvalue weighted by Crippen LogP contribution is 2.25. The Kier molecular flexibility index (Phi) is 4.05. The van der Waals surface area contributed by atoms with Crippen LogP contribution in [0.15, 0.2) is 53.1 Å². The van der Waals surface area contributed by atoms with Gasteiger partial charge in [0.1, 0.15) is 5.75 Å². The molecule has 2 aromatic carbocycles. The van der Waals surface area contributed by atoms with E-state index in [1.165, 1.54) is 7.11 Å². The molecule has 0 aliphatic heterocycles. The number of carbonyl (C=O) groups excluding carboxylic acids is 1. The molecule has 0 atom stereocenters. The van der Waals surface area contributed by atoms with Crippen molar-refractivity contribution in [2.24, 2.45) is 0 Å². The number of nitrogens with zero attached hydrogens (tertiary/aromatic N) is 2. The molecule has 6 nitrogen and oxygen atoms in total. The van der Waals surface area contributed by atoms with Crippen LogP contribution < -0.4 is 4.74 Å². The molecule has 0 unspecified atom stereocenters. The van der Waals surface area contributed by atoms with E-state index in [9.17, 15) is 4.79 Å². The summed E-state index contributed by atoms with van der Waals surface area (Å²) in [7, 11) is 2.93. The summed E-state index contributed by atoms with van der Waals surface area (Å²) in [5.74, 6) is 1.06. The zero-order valence-corrected chi connectivity index (χ0v) is 12.6. The maximum absolute atomic E-state index is 11.6. The van der Waals surface area contributed by atoms with Gasteiger partial charge < -0.3 is 14.0 Å². The Bertz CT molecular complexity index is 842. The van der Waals surface area contributed by atoms with Crippen molar-refractivity contribution in [3.8, 4) is 28.6 Å². The van der Waals surface area contributed by atoms with Crippen molar-refractivity contribution in [1.82, 2.24) is 10.1 Å². The van der Waals surface area contributed by atoms with E-state index in [4.69, 9.17) is 14.0 Å². The van der Waals surface area contributed by atoms with Gasteiger partial charge in [0.2, 0.25) is 5.82 Å². The van der Waals surface area contributed by atoms with E-state index in [0.29, 0.717) is 28.6 Å². The molecule has 3 aromatic rings. The van der Waals surface area contributed by atoms with Crippen LogP contribution in [0.5, 0.6) is 5.75 Å². The van der Waals surface area contributed by atoms with E-state index in [1.54, 1.807) is 31.4 Å². The number of methoxy groups -OCH3 is 2. The highest BCUT2D eigenvalue weighted by molar-refractivity contribution is 5.90. The van der Waals surface area contributed by atoms with Crippen LogP contribution in [0.3, 0.4) is 0 Å². The van der Waals surface area contributed by atoms with Crippen LogP contribution in [-0.4, -0.2) is 30.3 Å².